The zero-order valence-corrected chi connectivity index (χ0v) is 14.9. The maximum Gasteiger partial charge on any atom is 0.267 e. The molecule has 0 saturated heterocycles. The maximum atomic E-state index is 12.0. The zero-order valence-electron chi connectivity index (χ0n) is 12.5. The topological polar surface area (TPSA) is 46.1 Å². The molecular formula is C15H25BrClN3O. The van der Waals surface area contributed by atoms with Crippen LogP contribution < -0.4 is 10.6 Å². The summed E-state index contributed by atoms with van der Waals surface area (Å²) in [4.78, 5) is 12.0. The lowest BCUT2D eigenvalue weighted by molar-refractivity contribution is 0.0945. The standard InChI is InChI=1S/C15H24BrN3O.ClH/c1-19-11-12(16)10-14(19)15(20)18-9-8-17-13-6-4-2-3-5-7-13;/h10-11,13,17H,2-9H2,1H3,(H,18,20);1H. The van der Waals surface area contributed by atoms with Gasteiger partial charge in [-0.25, -0.2) is 0 Å². The van der Waals surface area contributed by atoms with Crippen LogP contribution in [0.25, 0.3) is 0 Å². The van der Waals surface area contributed by atoms with Gasteiger partial charge in [-0.2, -0.15) is 0 Å². The minimum atomic E-state index is -0.0131. The Morgan fingerprint density at radius 3 is 2.52 bits per heavy atom. The molecule has 21 heavy (non-hydrogen) atoms. The Morgan fingerprint density at radius 2 is 1.95 bits per heavy atom. The fourth-order valence-electron chi connectivity index (χ4n) is 2.78. The van der Waals surface area contributed by atoms with Gasteiger partial charge in [-0.1, -0.05) is 25.7 Å². The molecule has 0 spiro atoms. The van der Waals surface area contributed by atoms with Crippen LogP contribution in [0.2, 0.25) is 0 Å². The Bertz CT molecular complexity index is 442. The first-order valence-electron chi connectivity index (χ1n) is 7.50. The highest BCUT2D eigenvalue weighted by Gasteiger charge is 2.12. The van der Waals surface area contributed by atoms with E-state index in [2.05, 4.69) is 26.6 Å². The summed E-state index contributed by atoms with van der Waals surface area (Å²) in [7, 11) is 1.88. The molecule has 4 nitrogen and oxygen atoms in total. The molecule has 120 valence electrons. The molecule has 1 heterocycles. The minimum Gasteiger partial charge on any atom is -0.349 e. The summed E-state index contributed by atoms with van der Waals surface area (Å²) in [6, 6.07) is 2.48. The third kappa shape index (κ3) is 6.01. The van der Waals surface area contributed by atoms with Gasteiger partial charge in [0.25, 0.3) is 5.91 Å². The third-order valence-electron chi connectivity index (χ3n) is 3.90. The van der Waals surface area contributed by atoms with Crippen molar-refractivity contribution >= 4 is 34.2 Å². The number of carbonyl (C=O) groups excluding carboxylic acids is 1. The molecule has 0 aliphatic heterocycles. The molecule has 2 N–H and O–H groups in total. The van der Waals surface area contributed by atoms with Gasteiger partial charge in [-0.3, -0.25) is 4.79 Å². The molecule has 0 unspecified atom stereocenters. The number of rotatable bonds is 5. The number of nitrogens with zero attached hydrogens (tertiary/aromatic N) is 1. The number of amides is 1. The first-order chi connectivity index (χ1) is 9.66. The van der Waals surface area contributed by atoms with Gasteiger partial charge in [0.15, 0.2) is 0 Å². The SMILES string of the molecule is Cl.Cn1cc(Br)cc1C(=O)NCCNC1CCCCCC1. The molecule has 0 atom stereocenters. The second-order valence-corrected chi connectivity index (χ2v) is 6.47. The van der Waals surface area contributed by atoms with Gasteiger partial charge >= 0.3 is 0 Å². The van der Waals surface area contributed by atoms with Crippen LogP contribution in [0, 0.1) is 0 Å². The van der Waals surface area contributed by atoms with E-state index in [1.54, 1.807) is 0 Å². The maximum absolute atomic E-state index is 12.0. The van der Waals surface area contributed by atoms with Crippen molar-refractivity contribution in [3.8, 4) is 0 Å². The molecule has 1 fully saturated rings. The molecule has 6 heteroatoms. The van der Waals surface area contributed by atoms with E-state index < -0.39 is 0 Å². The average molecular weight is 379 g/mol. The Hall–Kier alpha value is -0.520. The van der Waals surface area contributed by atoms with E-state index in [1.807, 2.05) is 23.9 Å². The molecule has 1 aromatic heterocycles. The van der Waals surface area contributed by atoms with Crippen molar-refractivity contribution < 1.29 is 4.79 Å². The van der Waals surface area contributed by atoms with Crippen LogP contribution in [0.4, 0.5) is 0 Å². The lowest BCUT2D eigenvalue weighted by Crippen LogP contribution is -2.37. The molecule has 0 radical (unpaired) electrons. The van der Waals surface area contributed by atoms with Gasteiger partial charge in [0, 0.05) is 36.8 Å². The van der Waals surface area contributed by atoms with Crippen molar-refractivity contribution in [3.05, 3.63) is 22.4 Å². The number of hydrogen-bond donors (Lipinski definition) is 2. The summed E-state index contributed by atoms with van der Waals surface area (Å²) in [6.45, 7) is 1.53. The number of carbonyl (C=O) groups is 1. The second-order valence-electron chi connectivity index (χ2n) is 5.55. The fraction of sp³-hybridized carbons (Fsp3) is 0.667. The van der Waals surface area contributed by atoms with Crippen molar-refractivity contribution in [1.29, 1.82) is 0 Å². The van der Waals surface area contributed by atoms with E-state index in [9.17, 15) is 4.79 Å². The number of aryl methyl sites for hydroxylation is 1. The summed E-state index contributed by atoms with van der Waals surface area (Å²) in [6.07, 6.45) is 9.85. The van der Waals surface area contributed by atoms with E-state index in [0.717, 1.165) is 11.0 Å². The van der Waals surface area contributed by atoms with Crippen LogP contribution in [0.1, 0.15) is 49.0 Å². The lowest BCUT2D eigenvalue weighted by Gasteiger charge is -2.16. The quantitative estimate of drug-likeness (QED) is 0.610. The van der Waals surface area contributed by atoms with E-state index in [-0.39, 0.29) is 18.3 Å². The number of halogens is 2. The van der Waals surface area contributed by atoms with Crippen molar-refractivity contribution in [3.63, 3.8) is 0 Å². The highest BCUT2D eigenvalue weighted by molar-refractivity contribution is 9.10. The van der Waals surface area contributed by atoms with Gasteiger partial charge in [0.05, 0.1) is 0 Å². The molecule has 1 amide bonds. The number of nitrogens with one attached hydrogen (secondary N) is 2. The molecule has 2 rings (SSSR count). The molecule has 0 aromatic carbocycles. The molecular weight excluding hydrogens is 354 g/mol. The Labute approximate surface area is 141 Å². The highest BCUT2D eigenvalue weighted by atomic mass is 79.9. The van der Waals surface area contributed by atoms with Gasteiger partial charge in [0.2, 0.25) is 0 Å². The van der Waals surface area contributed by atoms with Crippen molar-refractivity contribution in [1.82, 2.24) is 15.2 Å². The molecule has 1 aliphatic carbocycles. The Balaban J connectivity index is 0.00000220. The summed E-state index contributed by atoms with van der Waals surface area (Å²) in [5.41, 5.74) is 0.686. The van der Waals surface area contributed by atoms with Gasteiger partial charge in [-0.15, -0.1) is 12.4 Å². The van der Waals surface area contributed by atoms with Crippen molar-refractivity contribution in [2.45, 2.75) is 44.6 Å². The average Bonchev–Trinajstić information content (AvgIpc) is 2.64. The zero-order chi connectivity index (χ0) is 14.4. The van der Waals surface area contributed by atoms with E-state index in [0.29, 0.717) is 18.3 Å². The monoisotopic (exact) mass is 377 g/mol. The van der Waals surface area contributed by atoms with Crippen molar-refractivity contribution in [2.75, 3.05) is 13.1 Å². The molecule has 1 aromatic rings. The van der Waals surface area contributed by atoms with E-state index in [4.69, 9.17) is 0 Å². The predicted octanol–water partition coefficient (Wildman–Crippen LogP) is 3.25. The van der Waals surface area contributed by atoms with Crippen LogP contribution in [-0.4, -0.2) is 29.6 Å². The largest absolute Gasteiger partial charge is 0.349 e. The van der Waals surface area contributed by atoms with Gasteiger partial charge < -0.3 is 15.2 Å². The smallest absolute Gasteiger partial charge is 0.267 e. The number of hydrogen-bond acceptors (Lipinski definition) is 2. The summed E-state index contributed by atoms with van der Waals surface area (Å²) in [5, 5.41) is 6.52. The molecule has 0 bridgehead atoms. The van der Waals surface area contributed by atoms with E-state index in [1.165, 1.54) is 38.5 Å². The third-order valence-corrected chi connectivity index (χ3v) is 4.34. The predicted molar refractivity (Wildman–Crippen MR) is 92.2 cm³/mol. The normalized spacial score (nSPS) is 16.1. The first kappa shape index (κ1) is 18.5. The van der Waals surface area contributed by atoms with Crippen molar-refractivity contribution in [2.24, 2.45) is 7.05 Å². The summed E-state index contributed by atoms with van der Waals surface area (Å²) in [5.74, 6) is -0.0131. The Morgan fingerprint density at radius 1 is 1.29 bits per heavy atom. The molecule has 1 saturated carbocycles. The highest BCUT2D eigenvalue weighted by Crippen LogP contribution is 2.17. The summed E-state index contributed by atoms with van der Waals surface area (Å²) >= 11 is 3.38. The summed E-state index contributed by atoms with van der Waals surface area (Å²) < 4.78 is 2.76. The van der Waals surface area contributed by atoms with Crippen LogP contribution in [0.5, 0.6) is 0 Å². The van der Waals surface area contributed by atoms with E-state index >= 15 is 0 Å². The fourth-order valence-corrected chi connectivity index (χ4v) is 3.30. The number of aromatic nitrogens is 1. The van der Waals surface area contributed by atoms with Gasteiger partial charge in [0.1, 0.15) is 5.69 Å². The second kappa shape index (κ2) is 9.49. The Kier molecular flexibility index (Phi) is 8.37. The van der Waals surface area contributed by atoms with Crippen LogP contribution in [0.3, 0.4) is 0 Å². The van der Waals surface area contributed by atoms with Crippen LogP contribution in [0.15, 0.2) is 16.7 Å². The first-order valence-corrected chi connectivity index (χ1v) is 8.29. The van der Waals surface area contributed by atoms with Gasteiger partial charge in [-0.05, 0) is 34.8 Å². The lowest BCUT2D eigenvalue weighted by atomic mass is 10.1. The minimum absolute atomic E-state index is 0. The van der Waals surface area contributed by atoms with Crippen LogP contribution in [-0.2, 0) is 7.05 Å². The van der Waals surface area contributed by atoms with Crippen LogP contribution >= 0.6 is 28.3 Å². The molecule has 1 aliphatic rings.